The summed E-state index contributed by atoms with van der Waals surface area (Å²) in [6, 6.07) is 4.41. The maximum Gasteiger partial charge on any atom is 0.421 e. The standard InChI is InChI=1S/C10H9Cl3N2O6S/c11-7-2-1-6(5-8(7)12)14-9(16)20-3-4-21-10(17)15-22(13,18)19/h1-2,5H,3-4H2,(H,14,16)(H,15,17). The minimum atomic E-state index is -4.22. The van der Waals surface area contributed by atoms with Crippen molar-refractivity contribution in [2.45, 2.75) is 0 Å². The van der Waals surface area contributed by atoms with E-state index in [1.165, 1.54) is 22.9 Å². The zero-order valence-electron chi connectivity index (χ0n) is 10.6. The molecular weight excluding hydrogens is 383 g/mol. The number of anilines is 1. The van der Waals surface area contributed by atoms with Gasteiger partial charge in [-0.1, -0.05) is 23.2 Å². The van der Waals surface area contributed by atoms with Gasteiger partial charge < -0.3 is 9.47 Å². The van der Waals surface area contributed by atoms with Crippen LogP contribution in [0.3, 0.4) is 0 Å². The number of benzene rings is 1. The topological polar surface area (TPSA) is 111 Å². The van der Waals surface area contributed by atoms with Gasteiger partial charge in [0.2, 0.25) is 0 Å². The summed E-state index contributed by atoms with van der Waals surface area (Å²) >= 11 is 11.5. The molecule has 2 amide bonds. The second kappa shape index (κ2) is 8.28. The van der Waals surface area contributed by atoms with Crippen molar-refractivity contribution in [3.63, 3.8) is 0 Å². The molecule has 0 radical (unpaired) electrons. The Morgan fingerprint density at radius 1 is 1.05 bits per heavy atom. The molecule has 0 fully saturated rings. The zero-order valence-corrected chi connectivity index (χ0v) is 13.7. The van der Waals surface area contributed by atoms with Crippen LogP contribution in [0.1, 0.15) is 0 Å². The van der Waals surface area contributed by atoms with Crippen LogP contribution >= 0.6 is 33.9 Å². The van der Waals surface area contributed by atoms with E-state index in [1.807, 2.05) is 0 Å². The maximum atomic E-state index is 11.4. The van der Waals surface area contributed by atoms with Gasteiger partial charge in [-0.2, -0.15) is 8.42 Å². The predicted molar refractivity (Wildman–Crippen MR) is 80.7 cm³/mol. The van der Waals surface area contributed by atoms with Gasteiger partial charge in [0.15, 0.2) is 0 Å². The van der Waals surface area contributed by atoms with E-state index in [2.05, 4.69) is 14.8 Å². The highest BCUT2D eigenvalue weighted by atomic mass is 35.7. The number of nitrogens with one attached hydrogen (secondary N) is 2. The van der Waals surface area contributed by atoms with Crippen LogP contribution in [-0.4, -0.2) is 33.8 Å². The lowest BCUT2D eigenvalue weighted by atomic mass is 10.3. The van der Waals surface area contributed by atoms with E-state index < -0.39 is 21.4 Å². The van der Waals surface area contributed by atoms with Crippen LogP contribution in [0.15, 0.2) is 18.2 Å². The van der Waals surface area contributed by atoms with Gasteiger partial charge in [0.25, 0.3) is 0 Å². The lowest BCUT2D eigenvalue weighted by molar-refractivity contribution is 0.105. The number of hydrogen-bond donors (Lipinski definition) is 2. The van der Waals surface area contributed by atoms with E-state index >= 15 is 0 Å². The molecule has 1 rings (SSSR count). The molecule has 0 bridgehead atoms. The molecule has 0 aromatic heterocycles. The van der Waals surface area contributed by atoms with Gasteiger partial charge in [0, 0.05) is 16.4 Å². The Balaban J connectivity index is 2.29. The Morgan fingerprint density at radius 3 is 2.18 bits per heavy atom. The second-order valence-electron chi connectivity index (χ2n) is 3.57. The van der Waals surface area contributed by atoms with Gasteiger partial charge in [-0.05, 0) is 18.2 Å². The minimum absolute atomic E-state index is 0.252. The first kappa shape index (κ1) is 18.6. The van der Waals surface area contributed by atoms with E-state index in [0.29, 0.717) is 10.7 Å². The van der Waals surface area contributed by atoms with E-state index in [-0.39, 0.29) is 18.2 Å². The zero-order chi connectivity index (χ0) is 16.8. The first-order chi connectivity index (χ1) is 10.2. The normalized spacial score (nSPS) is 10.7. The molecule has 12 heteroatoms. The molecule has 22 heavy (non-hydrogen) atoms. The summed E-state index contributed by atoms with van der Waals surface area (Å²) in [5.74, 6) is 0. The summed E-state index contributed by atoms with van der Waals surface area (Å²) in [5.41, 5.74) is 0.353. The Hall–Kier alpha value is -1.42. The largest absolute Gasteiger partial charge is 0.446 e. The van der Waals surface area contributed by atoms with Gasteiger partial charge in [0.05, 0.1) is 10.0 Å². The number of carbonyl (C=O) groups is 2. The van der Waals surface area contributed by atoms with Crippen molar-refractivity contribution in [1.82, 2.24) is 4.72 Å². The van der Waals surface area contributed by atoms with Crippen LogP contribution in [0.5, 0.6) is 0 Å². The molecule has 0 aliphatic heterocycles. The number of ether oxygens (including phenoxy) is 2. The molecule has 0 aliphatic carbocycles. The first-order valence-electron chi connectivity index (χ1n) is 5.45. The summed E-state index contributed by atoms with van der Waals surface area (Å²) in [4.78, 5) is 22.3. The number of carbonyl (C=O) groups excluding carboxylic acids is 2. The summed E-state index contributed by atoms with van der Waals surface area (Å²) in [6.07, 6.45) is -2.11. The second-order valence-corrected chi connectivity index (χ2v) is 6.68. The molecule has 2 N–H and O–H groups in total. The average molecular weight is 392 g/mol. The monoisotopic (exact) mass is 390 g/mol. The molecule has 0 saturated heterocycles. The lowest BCUT2D eigenvalue weighted by Crippen LogP contribution is -2.28. The Morgan fingerprint density at radius 2 is 1.64 bits per heavy atom. The number of amides is 2. The molecule has 8 nitrogen and oxygen atoms in total. The molecule has 1 aromatic rings. The van der Waals surface area contributed by atoms with E-state index in [9.17, 15) is 18.0 Å². The highest BCUT2D eigenvalue weighted by molar-refractivity contribution is 8.12. The Bertz CT molecular complexity index is 667. The van der Waals surface area contributed by atoms with Crippen LogP contribution < -0.4 is 10.0 Å². The van der Waals surface area contributed by atoms with Crippen molar-refractivity contribution in [2.75, 3.05) is 18.5 Å². The molecular formula is C10H9Cl3N2O6S. The third-order valence-electron chi connectivity index (χ3n) is 1.92. The third-order valence-corrected chi connectivity index (χ3v) is 3.30. The highest BCUT2D eigenvalue weighted by Gasteiger charge is 2.11. The predicted octanol–water partition coefficient (Wildman–Crippen LogP) is 2.75. The SMILES string of the molecule is O=C(Nc1ccc(Cl)c(Cl)c1)OCCOC(=O)NS(=O)(=O)Cl. The van der Waals surface area contributed by atoms with E-state index in [1.54, 1.807) is 0 Å². The van der Waals surface area contributed by atoms with Crippen molar-refractivity contribution < 1.29 is 27.5 Å². The Kier molecular flexibility index (Phi) is 7.01. The van der Waals surface area contributed by atoms with Gasteiger partial charge in [-0.3, -0.25) is 5.32 Å². The fourth-order valence-electron chi connectivity index (χ4n) is 1.13. The Labute approximate surface area is 140 Å². The molecule has 1 aromatic carbocycles. The van der Waals surface area contributed by atoms with Gasteiger partial charge in [-0.15, -0.1) is 0 Å². The fourth-order valence-corrected chi connectivity index (χ4v) is 1.87. The molecule has 0 atom stereocenters. The van der Waals surface area contributed by atoms with Crippen LogP contribution in [0, 0.1) is 0 Å². The van der Waals surface area contributed by atoms with Crippen molar-refractivity contribution in [1.29, 1.82) is 0 Å². The summed E-state index contributed by atoms with van der Waals surface area (Å²) in [5, 5.41) is 2.94. The van der Waals surface area contributed by atoms with E-state index in [0.717, 1.165) is 0 Å². The minimum Gasteiger partial charge on any atom is -0.446 e. The maximum absolute atomic E-state index is 11.4. The molecule has 0 heterocycles. The van der Waals surface area contributed by atoms with Crippen molar-refractivity contribution in [3.05, 3.63) is 28.2 Å². The van der Waals surface area contributed by atoms with Gasteiger partial charge >= 0.3 is 21.4 Å². The van der Waals surface area contributed by atoms with E-state index in [4.69, 9.17) is 33.9 Å². The lowest BCUT2D eigenvalue weighted by Gasteiger charge is -2.08. The molecule has 0 unspecified atom stereocenters. The molecule has 0 spiro atoms. The first-order valence-corrected chi connectivity index (χ1v) is 8.52. The third kappa shape index (κ3) is 7.55. The molecule has 122 valence electrons. The van der Waals surface area contributed by atoms with Crippen molar-refractivity contribution >= 4 is 61.0 Å². The number of halogens is 3. The van der Waals surface area contributed by atoms with Crippen molar-refractivity contribution in [2.24, 2.45) is 0 Å². The number of hydrogen-bond acceptors (Lipinski definition) is 6. The van der Waals surface area contributed by atoms with Crippen LogP contribution in [-0.2, 0) is 18.7 Å². The van der Waals surface area contributed by atoms with Crippen LogP contribution in [0.2, 0.25) is 10.0 Å². The van der Waals surface area contributed by atoms with Crippen LogP contribution in [0.25, 0.3) is 0 Å². The van der Waals surface area contributed by atoms with Gasteiger partial charge in [-0.25, -0.2) is 14.3 Å². The quantitative estimate of drug-likeness (QED) is 0.590. The summed E-state index contributed by atoms with van der Waals surface area (Å²) in [6.45, 7) is -0.671. The molecule has 0 saturated carbocycles. The van der Waals surface area contributed by atoms with Crippen molar-refractivity contribution in [3.8, 4) is 0 Å². The van der Waals surface area contributed by atoms with Gasteiger partial charge in [0.1, 0.15) is 13.2 Å². The fraction of sp³-hybridized carbons (Fsp3) is 0.200. The summed E-state index contributed by atoms with van der Waals surface area (Å²) < 4.78 is 31.4. The molecule has 0 aliphatic rings. The number of rotatable bonds is 5. The summed E-state index contributed by atoms with van der Waals surface area (Å²) in [7, 11) is 0.529. The van der Waals surface area contributed by atoms with Crippen LogP contribution in [0.4, 0.5) is 15.3 Å². The smallest absolute Gasteiger partial charge is 0.421 e. The highest BCUT2D eigenvalue weighted by Crippen LogP contribution is 2.24. The average Bonchev–Trinajstić information content (AvgIpc) is 2.37.